The molecule has 0 aromatic heterocycles. The van der Waals surface area contributed by atoms with E-state index in [4.69, 9.17) is 9.84 Å². The van der Waals surface area contributed by atoms with E-state index in [1.54, 1.807) is 25.3 Å². The van der Waals surface area contributed by atoms with Gasteiger partial charge in [0.15, 0.2) is 0 Å². The highest BCUT2D eigenvalue weighted by molar-refractivity contribution is 5.84. The monoisotopic (exact) mass is 222 g/mol. The molecule has 0 atom stereocenters. The van der Waals surface area contributed by atoms with Crippen molar-refractivity contribution in [1.82, 2.24) is 0 Å². The molecular formula is C12H14O4. The van der Waals surface area contributed by atoms with Gasteiger partial charge in [-0.15, -0.1) is 0 Å². The van der Waals surface area contributed by atoms with Gasteiger partial charge in [0.25, 0.3) is 0 Å². The molecular weight excluding hydrogens is 208 g/mol. The first-order valence-electron chi connectivity index (χ1n) is 4.98. The number of carbonyl (C=O) groups excluding carboxylic acids is 1. The maximum absolute atomic E-state index is 11.4. The van der Waals surface area contributed by atoms with Gasteiger partial charge in [0.05, 0.1) is 13.5 Å². The summed E-state index contributed by atoms with van der Waals surface area (Å²) in [5.41, 5.74) is 0.842. The molecule has 0 aliphatic carbocycles. The Labute approximate surface area is 93.9 Å². The van der Waals surface area contributed by atoms with Crippen molar-refractivity contribution in [2.75, 3.05) is 7.11 Å². The van der Waals surface area contributed by atoms with Crippen LogP contribution in [0.5, 0.6) is 5.75 Å². The normalized spacial score (nSPS) is 9.81. The Hall–Kier alpha value is -1.84. The van der Waals surface area contributed by atoms with Gasteiger partial charge < -0.3 is 9.84 Å². The predicted molar refractivity (Wildman–Crippen MR) is 58.6 cm³/mol. The molecule has 0 unspecified atom stereocenters. The van der Waals surface area contributed by atoms with E-state index in [-0.39, 0.29) is 25.0 Å². The lowest BCUT2D eigenvalue weighted by Crippen LogP contribution is -2.06. The summed E-state index contributed by atoms with van der Waals surface area (Å²) in [5, 5.41) is 8.44. The Balaban J connectivity index is 2.52. The molecule has 16 heavy (non-hydrogen) atoms. The van der Waals surface area contributed by atoms with Crippen LogP contribution in [-0.2, 0) is 16.0 Å². The summed E-state index contributed by atoms with van der Waals surface area (Å²) in [6, 6.07) is 7.20. The molecule has 4 nitrogen and oxygen atoms in total. The first-order valence-corrected chi connectivity index (χ1v) is 4.98. The number of carboxylic acids is 1. The van der Waals surface area contributed by atoms with Gasteiger partial charge in [0, 0.05) is 12.8 Å². The molecule has 1 N–H and O–H groups in total. The molecule has 0 bridgehead atoms. The molecule has 1 rings (SSSR count). The van der Waals surface area contributed by atoms with Crippen molar-refractivity contribution in [3.8, 4) is 5.75 Å². The molecule has 0 radical (unpaired) electrons. The van der Waals surface area contributed by atoms with E-state index in [1.807, 2.05) is 6.07 Å². The quantitative estimate of drug-likeness (QED) is 0.795. The second-order valence-corrected chi connectivity index (χ2v) is 3.46. The summed E-state index contributed by atoms with van der Waals surface area (Å²) < 4.78 is 5.03. The van der Waals surface area contributed by atoms with E-state index in [2.05, 4.69) is 0 Å². The minimum atomic E-state index is -0.945. The van der Waals surface area contributed by atoms with Crippen LogP contribution in [0.3, 0.4) is 0 Å². The van der Waals surface area contributed by atoms with Crippen LogP contribution in [0.15, 0.2) is 24.3 Å². The highest BCUT2D eigenvalue weighted by Crippen LogP contribution is 2.13. The molecule has 0 saturated carbocycles. The van der Waals surface area contributed by atoms with Crippen LogP contribution in [-0.4, -0.2) is 24.0 Å². The topological polar surface area (TPSA) is 63.6 Å². The highest BCUT2D eigenvalue weighted by atomic mass is 16.5. The maximum Gasteiger partial charge on any atom is 0.303 e. The van der Waals surface area contributed by atoms with Crippen molar-refractivity contribution >= 4 is 11.8 Å². The molecule has 4 heteroatoms. The van der Waals surface area contributed by atoms with Crippen LogP contribution in [0.25, 0.3) is 0 Å². The van der Waals surface area contributed by atoms with Gasteiger partial charge in [-0.05, 0) is 17.7 Å². The van der Waals surface area contributed by atoms with Gasteiger partial charge in [-0.3, -0.25) is 9.59 Å². The van der Waals surface area contributed by atoms with Crippen molar-refractivity contribution in [3.63, 3.8) is 0 Å². The molecule has 0 spiro atoms. The molecule has 0 heterocycles. The molecule has 86 valence electrons. The number of methoxy groups -OCH3 is 1. The lowest BCUT2D eigenvalue weighted by molar-refractivity contribution is -0.138. The first kappa shape index (κ1) is 12.2. The zero-order chi connectivity index (χ0) is 12.0. The van der Waals surface area contributed by atoms with Crippen LogP contribution in [0, 0.1) is 0 Å². The summed E-state index contributed by atoms with van der Waals surface area (Å²) in [7, 11) is 1.56. The number of ketones is 1. The number of Topliss-reactive ketones (excluding diaryl/α,β-unsaturated/α-hetero) is 1. The smallest absolute Gasteiger partial charge is 0.303 e. The summed E-state index contributed by atoms with van der Waals surface area (Å²) in [5.74, 6) is -0.321. The Kier molecular flexibility index (Phi) is 4.51. The standard InChI is InChI=1S/C12H14O4/c1-16-11-4-2-3-9(8-11)7-10(13)5-6-12(14)15/h2-4,8H,5-7H2,1H3,(H,14,15). The van der Waals surface area contributed by atoms with Crippen molar-refractivity contribution in [2.45, 2.75) is 19.3 Å². The van der Waals surface area contributed by atoms with Crippen LogP contribution in [0.4, 0.5) is 0 Å². The van der Waals surface area contributed by atoms with Crippen LogP contribution in [0.2, 0.25) is 0 Å². The van der Waals surface area contributed by atoms with Crippen molar-refractivity contribution in [2.24, 2.45) is 0 Å². The fourth-order valence-corrected chi connectivity index (χ4v) is 1.34. The molecule has 1 aromatic carbocycles. The van der Waals surface area contributed by atoms with Gasteiger partial charge in [-0.2, -0.15) is 0 Å². The van der Waals surface area contributed by atoms with Crippen molar-refractivity contribution in [1.29, 1.82) is 0 Å². The van der Waals surface area contributed by atoms with Crippen molar-refractivity contribution in [3.05, 3.63) is 29.8 Å². The SMILES string of the molecule is COc1cccc(CC(=O)CCC(=O)O)c1. The average Bonchev–Trinajstić information content (AvgIpc) is 2.26. The van der Waals surface area contributed by atoms with Gasteiger partial charge in [-0.1, -0.05) is 12.1 Å². The lowest BCUT2D eigenvalue weighted by atomic mass is 10.1. The van der Waals surface area contributed by atoms with Gasteiger partial charge in [-0.25, -0.2) is 0 Å². The largest absolute Gasteiger partial charge is 0.497 e. The Morgan fingerprint density at radius 1 is 1.31 bits per heavy atom. The average molecular weight is 222 g/mol. The fourth-order valence-electron chi connectivity index (χ4n) is 1.34. The second-order valence-electron chi connectivity index (χ2n) is 3.46. The third-order valence-electron chi connectivity index (χ3n) is 2.15. The summed E-state index contributed by atoms with van der Waals surface area (Å²) in [6.45, 7) is 0. The molecule has 0 saturated heterocycles. The maximum atomic E-state index is 11.4. The molecule has 0 amide bonds. The van der Waals surface area contributed by atoms with Crippen LogP contribution >= 0.6 is 0 Å². The highest BCUT2D eigenvalue weighted by Gasteiger charge is 2.07. The van der Waals surface area contributed by atoms with E-state index in [0.29, 0.717) is 5.75 Å². The number of ether oxygens (including phenoxy) is 1. The third-order valence-corrected chi connectivity index (χ3v) is 2.15. The zero-order valence-electron chi connectivity index (χ0n) is 9.10. The van der Waals surface area contributed by atoms with Crippen LogP contribution in [0.1, 0.15) is 18.4 Å². The number of carbonyl (C=O) groups is 2. The summed E-state index contributed by atoms with van der Waals surface area (Å²) in [4.78, 5) is 21.7. The third kappa shape index (κ3) is 4.13. The van der Waals surface area contributed by atoms with Gasteiger partial charge in [0.1, 0.15) is 11.5 Å². The summed E-state index contributed by atoms with van der Waals surface area (Å²) in [6.07, 6.45) is 0.222. The van der Waals surface area contributed by atoms with Crippen LogP contribution < -0.4 is 4.74 Å². The Bertz CT molecular complexity index is 384. The van der Waals surface area contributed by atoms with E-state index < -0.39 is 5.97 Å². The number of hydrogen-bond acceptors (Lipinski definition) is 3. The van der Waals surface area contributed by atoms with Crippen molar-refractivity contribution < 1.29 is 19.4 Å². The number of aliphatic carboxylic acids is 1. The summed E-state index contributed by atoms with van der Waals surface area (Å²) >= 11 is 0. The lowest BCUT2D eigenvalue weighted by Gasteiger charge is -2.03. The molecule has 0 fully saturated rings. The van der Waals surface area contributed by atoms with E-state index in [0.717, 1.165) is 5.56 Å². The van der Waals surface area contributed by atoms with Gasteiger partial charge in [0.2, 0.25) is 0 Å². The Morgan fingerprint density at radius 3 is 2.69 bits per heavy atom. The minimum Gasteiger partial charge on any atom is -0.497 e. The molecule has 1 aromatic rings. The zero-order valence-corrected chi connectivity index (χ0v) is 9.10. The van der Waals surface area contributed by atoms with Gasteiger partial charge >= 0.3 is 5.97 Å². The second kappa shape index (κ2) is 5.90. The van der Waals surface area contributed by atoms with E-state index in [9.17, 15) is 9.59 Å². The van der Waals surface area contributed by atoms with E-state index in [1.165, 1.54) is 0 Å². The fraction of sp³-hybridized carbons (Fsp3) is 0.333. The first-order chi connectivity index (χ1) is 7.61. The Morgan fingerprint density at radius 2 is 2.06 bits per heavy atom. The number of benzene rings is 1. The van der Waals surface area contributed by atoms with E-state index >= 15 is 0 Å². The number of hydrogen-bond donors (Lipinski definition) is 1. The number of carboxylic acid groups (broad SMARTS) is 1. The molecule has 0 aliphatic rings. The number of rotatable bonds is 6. The predicted octanol–water partition coefficient (Wildman–Crippen LogP) is 1.67. The minimum absolute atomic E-state index is 0.0735. The molecule has 0 aliphatic heterocycles.